The molecule has 3 amide bonds. The molecule has 3 N–H and O–H groups in total. The summed E-state index contributed by atoms with van der Waals surface area (Å²) in [6, 6.07) is 8.08. The summed E-state index contributed by atoms with van der Waals surface area (Å²) in [4.78, 5) is 24.0. The van der Waals surface area contributed by atoms with Crippen molar-refractivity contribution in [3.63, 3.8) is 0 Å². The van der Waals surface area contributed by atoms with Crippen molar-refractivity contribution >= 4 is 17.6 Å². The molecular weight excluding hydrogens is 270 g/mol. The lowest BCUT2D eigenvalue weighted by Gasteiger charge is -2.21. The summed E-state index contributed by atoms with van der Waals surface area (Å²) in [6.45, 7) is 4.61. The second-order valence-electron chi connectivity index (χ2n) is 4.97. The van der Waals surface area contributed by atoms with E-state index < -0.39 is 12.1 Å². The summed E-state index contributed by atoms with van der Waals surface area (Å²) in [5.74, 6) is -0.237. The molecule has 1 aromatic rings. The quantitative estimate of drug-likeness (QED) is 0.668. The summed E-state index contributed by atoms with van der Waals surface area (Å²) >= 11 is 0. The van der Waals surface area contributed by atoms with Crippen molar-refractivity contribution in [2.45, 2.75) is 19.9 Å². The van der Waals surface area contributed by atoms with Crippen LogP contribution < -0.4 is 16.0 Å². The minimum absolute atomic E-state index is 0.0194. The molecule has 116 valence electrons. The average molecular weight is 293 g/mol. The molecule has 6 heteroatoms. The van der Waals surface area contributed by atoms with Crippen molar-refractivity contribution in [1.29, 1.82) is 0 Å². The number of anilines is 1. The van der Waals surface area contributed by atoms with Crippen molar-refractivity contribution in [3.05, 3.63) is 30.3 Å². The van der Waals surface area contributed by atoms with Gasteiger partial charge in [0.2, 0.25) is 5.91 Å². The average Bonchev–Trinajstić information content (AvgIpc) is 2.45. The topological polar surface area (TPSA) is 79.5 Å². The predicted molar refractivity (Wildman–Crippen MR) is 82.1 cm³/mol. The van der Waals surface area contributed by atoms with Crippen molar-refractivity contribution in [3.8, 4) is 0 Å². The van der Waals surface area contributed by atoms with Gasteiger partial charge < -0.3 is 20.7 Å². The first-order chi connectivity index (χ1) is 10.0. The molecule has 0 fully saturated rings. The van der Waals surface area contributed by atoms with Gasteiger partial charge in [0, 0.05) is 19.3 Å². The van der Waals surface area contributed by atoms with Crippen molar-refractivity contribution in [2.24, 2.45) is 5.92 Å². The van der Waals surface area contributed by atoms with E-state index >= 15 is 0 Å². The van der Waals surface area contributed by atoms with E-state index in [2.05, 4.69) is 16.0 Å². The van der Waals surface area contributed by atoms with Crippen LogP contribution in [-0.2, 0) is 9.53 Å². The number of ether oxygens (including phenoxy) is 1. The molecule has 0 saturated heterocycles. The third-order valence-corrected chi connectivity index (χ3v) is 2.87. The first kappa shape index (κ1) is 17.0. The zero-order valence-electron chi connectivity index (χ0n) is 12.7. The predicted octanol–water partition coefficient (Wildman–Crippen LogP) is 1.60. The Balaban J connectivity index is 2.53. The number of methoxy groups -OCH3 is 1. The lowest BCUT2D eigenvalue weighted by molar-refractivity contribution is -0.124. The van der Waals surface area contributed by atoms with Gasteiger partial charge in [-0.15, -0.1) is 0 Å². The zero-order valence-corrected chi connectivity index (χ0v) is 12.7. The lowest BCUT2D eigenvalue weighted by atomic mass is 10.0. The van der Waals surface area contributed by atoms with Crippen LogP contribution in [0.3, 0.4) is 0 Å². The largest absolute Gasteiger partial charge is 0.383 e. The maximum Gasteiger partial charge on any atom is 0.319 e. The fourth-order valence-electron chi connectivity index (χ4n) is 1.75. The fraction of sp³-hybridized carbons (Fsp3) is 0.467. The summed E-state index contributed by atoms with van der Waals surface area (Å²) in [5, 5.41) is 8.11. The van der Waals surface area contributed by atoms with E-state index in [0.717, 1.165) is 0 Å². The first-order valence-corrected chi connectivity index (χ1v) is 6.93. The maximum absolute atomic E-state index is 12.0. The molecule has 0 saturated carbocycles. The van der Waals surface area contributed by atoms with E-state index in [1.54, 1.807) is 19.2 Å². The Morgan fingerprint density at radius 3 is 2.43 bits per heavy atom. The third kappa shape index (κ3) is 6.27. The summed E-state index contributed by atoms with van der Waals surface area (Å²) < 4.78 is 4.88. The van der Waals surface area contributed by atoms with Crippen molar-refractivity contribution in [2.75, 3.05) is 25.6 Å². The van der Waals surface area contributed by atoms with E-state index in [9.17, 15) is 9.59 Å². The normalized spacial score (nSPS) is 11.8. The van der Waals surface area contributed by atoms with E-state index in [-0.39, 0.29) is 11.8 Å². The van der Waals surface area contributed by atoms with Gasteiger partial charge in [-0.25, -0.2) is 4.79 Å². The zero-order chi connectivity index (χ0) is 15.7. The number of nitrogens with one attached hydrogen (secondary N) is 3. The van der Waals surface area contributed by atoms with Gasteiger partial charge in [-0.1, -0.05) is 32.0 Å². The molecule has 0 aliphatic heterocycles. The number of benzene rings is 1. The van der Waals surface area contributed by atoms with Gasteiger partial charge in [-0.2, -0.15) is 0 Å². The molecule has 0 unspecified atom stereocenters. The second-order valence-corrected chi connectivity index (χ2v) is 4.97. The molecule has 0 spiro atoms. The van der Waals surface area contributed by atoms with E-state index in [1.807, 2.05) is 32.0 Å². The number of urea groups is 1. The van der Waals surface area contributed by atoms with Crippen LogP contribution in [0.5, 0.6) is 0 Å². The highest BCUT2D eigenvalue weighted by atomic mass is 16.5. The van der Waals surface area contributed by atoms with Crippen LogP contribution in [0.4, 0.5) is 10.5 Å². The van der Waals surface area contributed by atoms with Gasteiger partial charge >= 0.3 is 6.03 Å². The Labute approximate surface area is 125 Å². The van der Waals surface area contributed by atoms with E-state index in [4.69, 9.17) is 4.74 Å². The second kappa shape index (κ2) is 8.97. The van der Waals surface area contributed by atoms with Gasteiger partial charge in [-0.3, -0.25) is 4.79 Å². The van der Waals surface area contributed by atoms with Crippen LogP contribution in [0.15, 0.2) is 30.3 Å². The van der Waals surface area contributed by atoms with Crippen molar-refractivity contribution < 1.29 is 14.3 Å². The molecule has 0 radical (unpaired) electrons. The SMILES string of the molecule is COCCNC(=O)[C@@H](NC(=O)Nc1ccccc1)C(C)C. The van der Waals surface area contributed by atoms with Crippen LogP contribution in [-0.4, -0.2) is 38.2 Å². The number of amides is 3. The number of para-hydroxylation sites is 1. The third-order valence-electron chi connectivity index (χ3n) is 2.87. The minimum Gasteiger partial charge on any atom is -0.383 e. The molecule has 1 rings (SSSR count). The van der Waals surface area contributed by atoms with Crippen LogP contribution >= 0.6 is 0 Å². The monoisotopic (exact) mass is 293 g/mol. The Bertz CT molecular complexity index is 449. The fourth-order valence-corrected chi connectivity index (χ4v) is 1.75. The van der Waals surface area contributed by atoms with Crippen LogP contribution in [0.25, 0.3) is 0 Å². The smallest absolute Gasteiger partial charge is 0.319 e. The number of hydrogen-bond acceptors (Lipinski definition) is 3. The number of hydrogen-bond donors (Lipinski definition) is 3. The molecular formula is C15H23N3O3. The van der Waals surface area contributed by atoms with Gasteiger partial charge in [0.1, 0.15) is 6.04 Å². The van der Waals surface area contributed by atoms with Crippen LogP contribution in [0, 0.1) is 5.92 Å². The van der Waals surface area contributed by atoms with Gasteiger partial charge in [0.05, 0.1) is 6.61 Å². The Morgan fingerprint density at radius 1 is 1.19 bits per heavy atom. The molecule has 0 aliphatic rings. The molecule has 0 heterocycles. The van der Waals surface area contributed by atoms with Gasteiger partial charge in [0.25, 0.3) is 0 Å². The van der Waals surface area contributed by atoms with Gasteiger partial charge in [-0.05, 0) is 18.1 Å². The molecule has 6 nitrogen and oxygen atoms in total. The summed E-state index contributed by atoms with van der Waals surface area (Å²) in [6.07, 6.45) is 0. The number of carbonyl (C=O) groups excluding carboxylic acids is 2. The molecule has 1 aromatic carbocycles. The summed E-state index contributed by atoms with van der Waals surface area (Å²) in [7, 11) is 1.57. The highest BCUT2D eigenvalue weighted by Gasteiger charge is 2.23. The Hall–Kier alpha value is -2.08. The van der Waals surface area contributed by atoms with Crippen LogP contribution in [0.1, 0.15) is 13.8 Å². The maximum atomic E-state index is 12.0. The molecule has 21 heavy (non-hydrogen) atoms. The molecule has 1 atom stereocenters. The van der Waals surface area contributed by atoms with Crippen LogP contribution in [0.2, 0.25) is 0 Å². The standard InChI is InChI=1S/C15H23N3O3/c1-11(2)13(14(19)16-9-10-21-3)18-15(20)17-12-7-5-4-6-8-12/h4-8,11,13H,9-10H2,1-3H3,(H,16,19)(H2,17,18,20)/t13-/m0/s1. The van der Waals surface area contributed by atoms with Crippen molar-refractivity contribution in [1.82, 2.24) is 10.6 Å². The summed E-state index contributed by atoms with van der Waals surface area (Å²) in [5.41, 5.74) is 0.678. The number of rotatable bonds is 7. The molecule has 0 aromatic heterocycles. The Kier molecular flexibility index (Phi) is 7.25. The molecule has 0 bridgehead atoms. The van der Waals surface area contributed by atoms with E-state index in [0.29, 0.717) is 18.8 Å². The van der Waals surface area contributed by atoms with E-state index in [1.165, 1.54) is 0 Å². The highest BCUT2D eigenvalue weighted by molar-refractivity contribution is 5.93. The molecule has 0 aliphatic carbocycles. The van der Waals surface area contributed by atoms with Gasteiger partial charge in [0.15, 0.2) is 0 Å². The number of carbonyl (C=O) groups is 2. The lowest BCUT2D eigenvalue weighted by Crippen LogP contribution is -2.51. The highest BCUT2D eigenvalue weighted by Crippen LogP contribution is 2.06. The Morgan fingerprint density at radius 2 is 1.86 bits per heavy atom. The first-order valence-electron chi connectivity index (χ1n) is 6.93. The minimum atomic E-state index is -0.592.